The molecule has 1 N–H and O–H groups in total. The Morgan fingerprint density at radius 2 is 2.00 bits per heavy atom. The molecule has 0 bridgehead atoms. The SMILES string of the molecule is COc1ccccc1Cc1nnc(C(=O)NCc2ccc3c(c2)OCO3)o1. The van der Waals surface area contributed by atoms with Gasteiger partial charge in [-0.25, -0.2) is 0 Å². The van der Waals surface area contributed by atoms with Crippen molar-refractivity contribution in [1.82, 2.24) is 15.5 Å². The van der Waals surface area contributed by atoms with E-state index in [1.807, 2.05) is 42.5 Å². The van der Waals surface area contributed by atoms with E-state index in [9.17, 15) is 4.79 Å². The Labute approximate surface area is 155 Å². The van der Waals surface area contributed by atoms with Crippen LogP contribution >= 0.6 is 0 Å². The summed E-state index contributed by atoms with van der Waals surface area (Å²) in [7, 11) is 1.60. The molecule has 0 saturated carbocycles. The van der Waals surface area contributed by atoms with Crippen molar-refractivity contribution in [3.63, 3.8) is 0 Å². The fraction of sp³-hybridized carbons (Fsp3) is 0.211. The molecule has 1 aromatic heterocycles. The normalized spacial score (nSPS) is 12.0. The first-order chi connectivity index (χ1) is 13.2. The number of nitrogens with zero attached hydrogens (tertiary/aromatic N) is 2. The third-order valence-corrected chi connectivity index (χ3v) is 4.09. The highest BCUT2D eigenvalue weighted by molar-refractivity contribution is 5.89. The summed E-state index contributed by atoms with van der Waals surface area (Å²) >= 11 is 0. The summed E-state index contributed by atoms with van der Waals surface area (Å²) < 4.78 is 21.4. The van der Waals surface area contributed by atoms with Crippen LogP contribution in [0.15, 0.2) is 46.9 Å². The van der Waals surface area contributed by atoms with E-state index in [0.717, 1.165) is 16.9 Å². The van der Waals surface area contributed by atoms with Gasteiger partial charge in [0.25, 0.3) is 0 Å². The Balaban J connectivity index is 1.38. The van der Waals surface area contributed by atoms with E-state index in [1.165, 1.54) is 0 Å². The first-order valence-corrected chi connectivity index (χ1v) is 8.34. The summed E-state index contributed by atoms with van der Waals surface area (Å²) in [4.78, 5) is 12.3. The highest BCUT2D eigenvalue weighted by atomic mass is 16.7. The van der Waals surface area contributed by atoms with E-state index in [-0.39, 0.29) is 12.7 Å². The number of methoxy groups -OCH3 is 1. The van der Waals surface area contributed by atoms with Gasteiger partial charge in [0.1, 0.15) is 5.75 Å². The minimum Gasteiger partial charge on any atom is -0.496 e. The van der Waals surface area contributed by atoms with E-state index >= 15 is 0 Å². The smallest absolute Gasteiger partial charge is 0.309 e. The molecule has 0 aliphatic carbocycles. The van der Waals surface area contributed by atoms with E-state index in [4.69, 9.17) is 18.6 Å². The number of carbonyl (C=O) groups excluding carboxylic acids is 1. The van der Waals surface area contributed by atoms with E-state index < -0.39 is 5.91 Å². The lowest BCUT2D eigenvalue weighted by Crippen LogP contribution is -2.23. The van der Waals surface area contributed by atoms with Gasteiger partial charge in [0.2, 0.25) is 12.7 Å². The summed E-state index contributed by atoms with van der Waals surface area (Å²) in [6.45, 7) is 0.516. The van der Waals surface area contributed by atoms with Gasteiger partial charge in [0.15, 0.2) is 11.5 Å². The molecule has 8 nitrogen and oxygen atoms in total. The number of benzene rings is 2. The average Bonchev–Trinajstić information content (AvgIpc) is 3.35. The van der Waals surface area contributed by atoms with Gasteiger partial charge in [-0.05, 0) is 23.8 Å². The van der Waals surface area contributed by atoms with Crippen LogP contribution < -0.4 is 19.5 Å². The van der Waals surface area contributed by atoms with Gasteiger partial charge in [-0.3, -0.25) is 4.79 Å². The third-order valence-electron chi connectivity index (χ3n) is 4.09. The molecule has 1 aliphatic rings. The monoisotopic (exact) mass is 367 g/mol. The lowest BCUT2D eigenvalue weighted by Gasteiger charge is -2.05. The fourth-order valence-electron chi connectivity index (χ4n) is 2.74. The largest absolute Gasteiger partial charge is 0.496 e. The lowest BCUT2D eigenvalue weighted by atomic mass is 10.1. The maximum Gasteiger partial charge on any atom is 0.309 e. The van der Waals surface area contributed by atoms with Gasteiger partial charge < -0.3 is 23.9 Å². The van der Waals surface area contributed by atoms with Gasteiger partial charge in [-0.1, -0.05) is 24.3 Å². The van der Waals surface area contributed by atoms with Crippen LogP contribution in [0.4, 0.5) is 0 Å². The van der Waals surface area contributed by atoms with Crippen molar-refractivity contribution in [3.8, 4) is 17.2 Å². The number of nitrogens with one attached hydrogen (secondary N) is 1. The maximum absolute atomic E-state index is 12.3. The van der Waals surface area contributed by atoms with Crippen molar-refractivity contribution in [2.45, 2.75) is 13.0 Å². The molecule has 0 spiro atoms. The molecule has 27 heavy (non-hydrogen) atoms. The van der Waals surface area contributed by atoms with Crippen LogP contribution in [0.1, 0.15) is 27.7 Å². The highest BCUT2D eigenvalue weighted by Gasteiger charge is 2.17. The Hall–Kier alpha value is -3.55. The summed E-state index contributed by atoms with van der Waals surface area (Å²) in [6, 6.07) is 13.0. The lowest BCUT2D eigenvalue weighted by molar-refractivity contribution is 0.0914. The van der Waals surface area contributed by atoms with Crippen molar-refractivity contribution in [1.29, 1.82) is 0 Å². The number of hydrogen-bond acceptors (Lipinski definition) is 7. The zero-order valence-corrected chi connectivity index (χ0v) is 14.6. The standard InChI is InChI=1S/C19H17N3O5/c1-24-14-5-3-2-4-13(14)9-17-21-22-19(27-17)18(23)20-10-12-6-7-15-16(8-12)26-11-25-15/h2-8H,9-11H2,1H3,(H,20,23). The molecule has 0 unspecified atom stereocenters. The zero-order chi connectivity index (χ0) is 18.6. The molecule has 1 aliphatic heterocycles. The molecular formula is C19H17N3O5. The Kier molecular flexibility index (Phi) is 4.61. The second-order valence-corrected chi connectivity index (χ2v) is 5.86. The molecule has 0 radical (unpaired) electrons. The van der Waals surface area contributed by atoms with Gasteiger partial charge in [-0.2, -0.15) is 0 Å². The number of carbonyl (C=O) groups is 1. The number of amides is 1. The van der Waals surface area contributed by atoms with Crippen LogP contribution in [0, 0.1) is 0 Å². The second kappa shape index (κ2) is 7.36. The van der Waals surface area contributed by atoms with Gasteiger partial charge in [0, 0.05) is 12.1 Å². The maximum atomic E-state index is 12.3. The number of aromatic nitrogens is 2. The minimum absolute atomic E-state index is 0.0827. The van der Waals surface area contributed by atoms with Gasteiger partial charge >= 0.3 is 11.8 Å². The predicted octanol–water partition coefficient (Wildman–Crippen LogP) is 2.33. The minimum atomic E-state index is -0.438. The molecule has 0 atom stereocenters. The number of fused-ring (bicyclic) bond motifs is 1. The first-order valence-electron chi connectivity index (χ1n) is 8.34. The molecule has 3 aromatic rings. The molecule has 0 saturated heterocycles. The Bertz CT molecular complexity index is 969. The van der Waals surface area contributed by atoms with E-state index in [2.05, 4.69) is 15.5 Å². The quantitative estimate of drug-likeness (QED) is 0.714. The molecule has 8 heteroatoms. The topological polar surface area (TPSA) is 95.7 Å². The number of para-hydroxylation sites is 1. The first kappa shape index (κ1) is 16.9. The van der Waals surface area contributed by atoms with Crippen LogP contribution in [0.5, 0.6) is 17.2 Å². The van der Waals surface area contributed by atoms with Crippen molar-refractivity contribution >= 4 is 5.91 Å². The van der Waals surface area contributed by atoms with Crippen LogP contribution in [0.3, 0.4) is 0 Å². The molecule has 1 amide bonds. The van der Waals surface area contributed by atoms with Crippen molar-refractivity contribution < 1.29 is 23.4 Å². The summed E-state index contributed by atoms with van der Waals surface area (Å²) in [6.07, 6.45) is 0.381. The Morgan fingerprint density at radius 1 is 1.15 bits per heavy atom. The molecule has 0 fully saturated rings. The van der Waals surface area contributed by atoms with E-state index in [1.54, 1.807) is 7.11 Å². The number of ether oxygens (including phenoxy) is 3. The average molecular weight is 367 g/mol. The Morgan fingerprint density at radius 3 is 2.89 bits per heavy atom. The summed E-state index contributed by atoms with van der Waals surface area (Å²) in [5.41, 5.74) is 1.78. The van der Waals surface area contributed by atoms with Crippen LogP contribution in [-0.4, -0.2) is 30.0 Å². The summed E-state index contributed by atoms with van der Waals surface area (Å²) in [5.74, 6) is 1.91. The van der Waals surface area contributed by atoms with Crippen LogP contribution in [0.25, 0.3) is 0 Å². The van der Waals surface area contributed by atoms with Gasteiger partial charge in [0.05, 0.1) is 13.5 Å². The third kappa shape index (κ3) is 3.69. The molecule has 2 heterocycles. The highest BCUT2D eigenvalue weighted by Crippen LogP contribution is 2.32. The molecule has 4 rings (SSSR count). The van der Waals surface area contributed by atoms with Crippen molar-refractivity contribution in [3.05, 3.63) is 65.4 Å². The molecule has 2 aromatic carbocycles. The molecule has 138 valence electrons. The van der Waals surface area contributed by atoms with Crippen LogP contribution in [0.2, 0.25) is 0 Å². The van der Waals surface area contributed by atoms with Crippen molar-refractivity contribution in [2.75, 3.05) is 13.9 Å². The number of rotatable bonds is 6. The van der Waals surface area contributed by atoms with E-state index in [0.29, 0.717) is 30.4 Å². The summed E-state index contributed by atoms with van der Waals surface area (Å²) in [5, 5.41) is 10.5. The van der Waals surface area contributed by atoms with Crippen molar-refractivity contribution in [2.24, 2.45) is 0 Å². The fourth-order valence-corrected chi connectivity index (χ4v) is 2.74. The molecular weight excluding hydrogens is 350 g/mol. The zero-order valence-electron chi connectivity index (χ0n) is 14.6. The van der Waals surface area contributed by atoms with Gasteiger partial charge in [-0.15, -0.1) is 10.2 Å². The van der Waals surface area contributed by atoms with Crippen LogP contribution in [-0.2, 0) is 13.0 Å². The number of hydrogen-bond donors (Lipinski definition) is 1. The predicted molar refractivity (Wildman–Crippen MR) is 93.8 cm³/mol. The second-order valence-electron chi connectivity index (χ2n) is 5.86.